The fourth-order valence-electron chi connectivity index (χ4n) is 2.29. The van der Waals surface area contributed by atoms with E-state index in [-0.39, 0.29) is 11.5 Å². The Balaban J connectivity index is 1.97. The lowest BCUT2D eigenvalue weighted by atomic mass is 10.1. The Kier molecular flexibility index (Phi) is 3.10. The number of nitrogens with zero attached hydrogens (tertiary/aromatic N) is 2. The summed E-state index contributed by atoms with van der Waals surface area (Å²) < 4.78 is 28.6. The van der Waals surface area contributed by atoms with Crippen molar-refractivity contribution in [1.82, 2.24) is 9.55 Å². The first-order valence-electron chi connectivity index (χ1n) is 6.30. The topological polar surface area (TPSA) is 43.8 Å². The maximum absolute atomic E-state index is 13.6. The van der Waals surface area contributed by atoms with Crippen LogP contribution in [0.15, 0.2) is 42.5 Å². The van der Waals surface area contributed by atoms with Gasteiger partial charge in [0.15, 0.2) is 5.82 Å². The Morgan fingerprint density at radius 2 is 1.85 bits per heavy atom. The summed E-state index contributed by atoms with van der Waals surface area (Å²) in [7, 11) is 0. The molecule has 1 heterocycles. The third-order valence-corrected chi connectivity index (χ3v) is 3.27. The minimum Gasteiger partial charge on any atom is -0.369 e. The lowest BCUT2D eigenvalue weighted by Gasteiger charge is -2.06. The SMILES string of the molecule is Nc1nc2c(F)cc(F)cc2n1CCc1ccccc1. The number of fused-ring (bicyclic) bond motifs is 1. The Bertz CT molecular complexity index is 751. The van der Waals surface area contributed by atoms with Crippen molar-refractivity contribution in [3.05, 3.63) is 59.7 Å². The largest absolute Gasteiger partial charge is 0.369 e. The molecule has 0 saturated heterocycles. The zero-order valence-electron chi connectivity index (χ0n) is 10.7. The van der Waals surface area contributed by atoms with Crippen molar-refractivity contribution in [3.63, 3.8) is 0 Å². The van der Waals surface area contributed by atoms with E-state index < -0.39 is 11.6 Å². The van der Waals surface area contributed by atoms with Gasteiger partial charge in [-0.3, -0.25) is 0 Å². The third kappa shape index (κ3) is 2.22. The fourth-order valence-corrected chi connectivity index (χ4v) is 2.29. The van der Waals surface area contributed by atoms with Crippen molar-refractivity contribution >= 4 is 17.0 Å². The van der Waals surface area contributed by atoms with E-state index in [0.29, 0.717) is 18.5 Å². The molecule has 0 radical (unpaired) electrons. The summed E-state index contributed by atoms with van der Waals surface area (Å²) in [6.07, 6.45) is 0.717. The van der Waals surface area contributed by atoms with Gasteiger partial charge in [-0.15, -0.1) is 0 Å². The van der Waals surface area contributed by atoms with Crippen molar-refractivity contribution < 1.29 is 8.78 Å². The molecule has 3 rings (SSSR count). The molecule has 0 aliphatic carbocycles. The van der Waals surface area contributed by atoms with Gasteiger partial charge in [0.1, 0.15) is 11.3 Å². The molecule has 2 aromatic carbocycles. The van der Waals surface area contributed by atoms with E-state index in [1.54, 1.807) is 4.57 Å². The molecule has 0 unspecified atom stereocenters. The molecule has 0 saturated carbocycles. The lowest BCUT2D eigenvalue weighted by Crippen LogP contribution is -2.05. The average Bonchev–Trinajstić information content (AvgIpc) is 2.74. The highest BCUT2D eigenvalue weighted by Gasteiger charge is 2.13. The van der Waals surface area contributed by atoms with Crippen LogP contribution in [0.4, 0.5) is 14.7 Å². The minimum atomic E-state index is -0.690. The number of rotatable bonds is 3. The van der Waals surface area contributed by atoms with Gasteiger partial charge < -0.3 is 10.3 Å². The zero-order chi connectivity index (χ0) is 14.1. The van der Waals surface area contributed by atoms with Gasteiger partial charge in [-0.1, -0.05) is 30.3 Å². The predicted octanol–water partition coefficient (Wildman–Crippen LogP) is 3.14. The summed E-state index contributed by atoms with van der Waals surface area (Å²) >= 11 is 0. The van der Waals surface area contributed by atoms with E-state index in [0.717, 1.165) is 11.6 Å². The lowest BCUT2D eigenvalue weighted by molar-refractivity contribution is 0.589. The number of halogens is 2. The fraction of sp³-hybridized carbons (Fsp3) is 0.133. The van der Waals surface area contributed by atoms with Crippen LogP contribution in [0.25, 0.3) is 11.0 Å². The second-order valence-electron chi connectivity index (χ2n) is 4.61. The first-order chi connectivity index (χ1) is 9.65. The summed E-state index contributed by atoms with van der Waals surface area (Å²) in [5.74, 6) is -1.12. The van der Waals surface area contributed by atoms with E-state index in [1.807, 2.05) is 30.3 Å². The smallest absolute Gasteiger partial charge is 0.201 e. The summed E-state index contributed by atoms with van der Waals surface area (Å²) in [5, 5.41) is 0. The minimum absolute atomic E-state index is 0.108. The maximum Gasteiger partial charge on any atom is 0.201 e. The van der Waals surface area contributed by atoms with Gasteiger partial charge in [0.25, 0.3) is 0 Å². The summed E-state index contributed by atoms with van der Waals surface area (Å²) in [6.45, 7) is 0.523. The van der Waals surface area contributed by atoms with Crippen LogP contribution >= 0.6 is 0 Å². The highest BCUT2D eigenvalue weighted by Crippen LogP contribution is 2.22. The monoisotopic (exact) mass is 273 g/mol. The van der Waals surface area contributed by atoms with Crippen LogP contribution in [-0.2, 0) is 13.0 Å². The Hall–Kier alpha value is -2.43. The number of imidazole rings is 1. The number of hydrogen-bond donors (Lipinski definition) is 1. The molecule has 102 valence electrons. The van der Waals surface area contributed by atoms with Crippen molar-refractivity contribution in [2.24, 2.45) is 0 Å². The van der Waals surface area contributed by atoms with E-state index in [1.165, 1.54) is 6.07 Å². The number of anilines is 1. The highest BCUT2D eigenvalue weighted by molar-refractivity contribution is 5.79. The molecule has 0 aliphatic rings. The Morgan fingerprint density at radius 1 is 1.10 bits per heavy atom. The molecule has 0 amide bonds. The van der Waals surface area contributed by atoms with Crippen molar-refractivity contribution in [3.8, 4) is 0 Å². The second kappa shape index (κ2) is 4.92. The molecule has 1 aromatic heterocycles. The van der Waals surface area contributed by atoms with Gasteiger partial charge in [-0.25, -0.2) is 13.8 Å². The van der Waals surface area contributed by atoms with Gasteiger partial charge in [0.2, 0.25) is 5.95 Å². The van der Waals surface area contributed by atoms with Gasteiger partial charge in [0, 0.05) is 18.7 Å². The molecule has 0 spiro atoms. The molecular formula is C15H13F2N3. The van der Waals surface area contributed by atoms with Crippen LogP contribution in [0.5, 0.6) is 0 Å². The van der Waals surface area contributed by atoms with Crippen LogP contribution < -0.4 is 5.73 Å². The molecule has 3 nitrogen and oxygen atoms in total. The van der Waals surface area contributed by atoms with Crippen molar-refractivity contribution in [2.45, 2.75) is 13.0 Å². The third-order valence-electron chi connectivity index (χ3n) is 3.27. The van der Waals surface area contributed by atoms with E-state index in [9.17, 15) is 8.78 Å². The molecule has 0 aliphatic heterocycles. The van der Waals surface area contributed by atoms with E-state index in [2.05, 4.69) is 4.98 Å². The first kappa shape index (κ1) is 12.6. The molecule has 0 fully saturated rings. The zero-order valence-corrected chi connectivity index (χ0v) is 10.7. The molecular weight excluding hydrogens is 260 g/mol. The highest BCUT2D eigenvalue weighted by atomic mass is 19.1. The van der Waals surface area contributed by atoms with Crippen molar-refractivity contribution in [2.75, 3.05) is 5.73 Å². The van der Waals surface area contributed by atoms with Crippen LogP contribution in [0.3, 0.4) is 0 Å². The number of hydrogen-bond acceptors (Lipinski definition) is 2. The van der Waals surface area contributed by atoms with Gasteiger partial charge in [-0.05, 0) is 12.0 Å². The van der Waals surface area contributed by atoms with Gasteiger partial charge in [0.05, 0.1) is 5.52 Å². The Labute approximate surface area is 114 Å². The number of aromatic nitrogens is 2. The summed E-state index contributed by atoms with van der Waals surface area (Å²) in [4.78, 5) is 3.97. The standard InChI is InChI=1S/C15H13F2N3/c16-11-8-12(17)14-13(9-11)20(15(18)19-14)7-6-10-4-2-1-3-5-10/h1-5,8-9H,6-7H2,(H2,18,19). The van der Waals surface area contributed by atoms with Crippen LogP contribution in [-0.4, -0.2) is 9.55 Å². The van der Waals surface area contributed by atoms with E-state index >= 15 is 0 Å². The first-order valence-corrected chi connectivity index (χ1v) is 6.30. The molecule has 3 aromatic rings. The normalized spacial score (nSPS) is 11.1. The van der Waals surface area contributed by atoms with Crippen molar-refractivity contribution in [1.29, 1.82) is 0 Å². The summed E-state index contributed by atoms with van der Waals surface area (Å²) in [5.41, 5.74) is 7.42. The summed E-state index contributed by atoms with van der Waals surface area (Å²) in [6, 6.07) is 11.9. The quantitative estimate of drug-likeness (QED) is 0.796. The number of nitrogen functional groups attached to an aromatic ring is 1. The number of aryl methyl sites for hydroxylation is 2. The second-order valence-corrected chi connectivity index (χ2v) is 4.61. The van der Waals surface area contributed by atoms with Gasteiger partial charge in [-0.2, -0.15) is 0 Å². The average molecular weight is 273 g/mol. The molecule has 0 atom stereocenters. The molecule has 2 N–H and O–H groups in total. The van der Waals surface area contributed by atoms with E-state index in [4.69, 9.17) is 5.73 Å². The van der Waals surface area contributed by atoms with Crippen LogP contribution in [0, 0.1) is 11.6 Å². The van der Waals surface area contributed by atoms with Gasteiger partial charge >= 0.3 is 0 Å². The Morgan fingerprint density at radius 3 is 2.60 bits per heavy atom. The maximum atomic E-state index is 13.6. The van der Waals surface area contributed by atoms with Crippen LogP contribution in [0.2, 0.25) is 0 Å². The predicted molar refractivity (Wildman–Crippen MR) is 74.2 cm³/mol. The number of nitrogens with two attached hydrogens (primary N) is 1. The molecule has 20 heavy (non-hydrogen) atoms. The van der Waals surface area contributed by atoms with Crippen LogP contribution in [0.1, 0.15) is 5.56 Å². The molecule has 0 bridgehead atoms. The number of benzene rings is 2. The molecule has 5 heteroatoms.